The van der Waals surface area contributed by atoms with E-state index >= 15 is 0 Å². The number of anilines is 1. The highest BCUT2D eigenvalue weighted by atomic mass is 32.2. The van der Waals surface area contributed by atoms with Crippen LogP contribution in [0.15, 0.2) is 29.2 Å². The summed E-state index contributed by atoms with van der Waals surface area (Å²) in [5.41, 5.74) is 5.98. The second-order valence-corrected chi connectivity index (χ2v) is 6.16. The minimum Gasteiger partial charge on any atom is -0.399 e. The number of nitrogen functional groups attached to an aromatic ring is 1. The number of hydrogen-bond donors (Lipinski definition) is 1. The lowest BCUT2D eigenvalue weighted by Crippen LogP contribution is -2.37. The van der Waals surface area contributed by atoms with Crippen LogP contribution in [0.2, 0.25) is 0 Å². The highest BCUT2D eigenvalue weighted by molar-refractivity contribution is 7.89. The Balaban J connectivity index is 2.93. The van der Waals surface area contributed by atoms with Crippen LogP contribution in [0.5, 0.6) is 0 Å². The van der Waals surface area contributed by atoms with E-state index in [0.717, 1.165) is 4.31 Å². The zero-order valence-corrected chi connectivity index (χ0v) is 11.4. The van der Waals surface area contributed by atoms with E-state index in [0.29, 0.717) is 5.69 Å². The van der Waals surface area contributed by atoms with Crippen LogP contribution in [0.25, 0.3) is 0 Å². The van der Waals surface area contributed by atoms with Crippen LogP contribution in [0.3, 0.4) is 0 Å². The van der Waals surface area contributed by atoms with Gasteiger partial charge in [-0.05, 0) is 24.3 Å². The fourth-order valence-corrected chi connectivity index (χ4v) is 2.36. The quantitative estimate of drug-likeness (QED) is 0.780. The van der Waals surface area contributed by atoms with Gasteiger partial charge in [-0.15, -0.1) is 0 Å². The Labute approximate surface area is 107 Å². The lowest BCUT2D eigenvalue weighted by atomic mass is 10.3. The Morgan fingerprint density at radius 2 is 1.67 bits per heavy atom. The molecule has 2 N–H and O–H groups in total. The molecule has 0 aromatic heterocycles. The van der Waals surface area contributed by atoms with Crippen LogP contribution in [-0.4, -0.2) is 51.2 Å². The first-order valence-electron chi connectivity index (χ1n) is 5.27. The highest BCUT2D eigenvalue weighted by Gasteiger charge is 2.23. The zero-order chi connectivity index (χ0) is 13.9. The van der Waals surface area contributed by atoms with Crippen LogP contribution in [0.1, 0.15) is 0 Å². The molecule has 1 amide bonds. The van der Waals surface area contributed by atoms with E-state index in [4.69, 9.17) is 5.73 Å². The molecule has 0 aliphatic rings. The van der Waals surface area contributed by atoms with Gasteiger partial charge in [-0.25, -0.2) is 8.42 Å². The SMILES string of the molecule is CN(C)C(=O)CN(C)S(=O)(=O)c1ccc(N)cc1. The minimum atomic E-state index is -3.65. The molecule has 1 aromatic carbocycles. The third-order valence-corrected chi connectivity index (χ3v) is 4.26. The fourth-order valence-electron chi connectivity index (χ4n) is 1.24. The standard InChI is InChI=1S/C11H17N3O3S/c1-13(2)11(15)8-14(3)18(16,17)10-6-4-9(12)5-7-10/h4-7H,8,12H2,1-3H3. The van der Waals surface area contributed by atoms with Crippen LogP contribution < -0.4 is 5.73 Å². The molecule has 0 aliphatic heterocycles. The van der Waals surface area contributed by atoms with Crippen molar-refractivity contribution in [1.29, 1.82) is 0 Å². The van der Waals surface area contributed by atoms with Gasteiger partial charge in [0.2, 0.25) is 15.9 Å². The highest BCUT2D eigenvalue weighted by Crippen LogP contribution is 2.15. The summed E-state index contributed by atoms with van der Waals surface area (Å²) in [5.74, 6) is -0.281. The molecule has 0 atom stereocenters. The Bertz CT molecular complexity index is 523. The van der Waals surface area contributed by atoms with Crippen molar-refractivity contribution in [3.05, 3.63) is 24.3 Å². The van der Waals surface area contributed by atoms with Gasteiger partial charge in [0.15, 0.2) is 0 Å². The fraction of sp³-hybridized carbons (Fsp3) is 0.364. The Morgan fingerprint density at radius 1 is 1.17 bits per heavy atom. The minimum absolute atomic E-state index is 0.116. The number of likely N-dealkylation sites (N-methyl/N-ethyl adjacent to an activating group) is 2. The lowest BCUT2D eigenvalue weighted by molar-refractivity contribution is -0.128. The molecule has 18 heavy (non-hydrogen) atoms. The maximum atomic E-state index is 12.1. The molecule has 0 bridgehead atoms. The van der Waals surface area contributed by atoms with Crippen molar-refractivity contribution < 1.29 is 13.2 Å². The summed E-state index contributed by atoms with van der Waals surface area (Å²) < 4.78 is 25.2. The maximum absolute atomic E-state index is 12.1. The number of nitrogens with two attached hydrogens (primary N) is 1. The molecular formula is C11H17N3O3S. The van der Waals surface area contributed by atoms with Gasteiger partial charge in [0.1, 0.15) is 0 Å². The molecule has 0 fully saturated rings. The number of carbonyl (C=O) groups is 1. The zero-order valence-electron chi connectivity index (χ0n) is 10.6. The van der Waals surface area contributed by atoms with E-state index in [1.54, 1.807) is 14.1 Å². The van der Waals surface area contributed by atoms with E-state index in [-0.39, 0.29) is 17.3 Å². The predicted octanol–water partition coefficient (Wildman–Crippen LogP) is -0.0225. The van der Waals surface area contributed by atoms with Crippen LogP contribution in [-0.2, 0) is 14.8 Å². The summed E-state index contributed by atoms with van der Waals surface area (Å²) >= 11 is 0. The van der Waals surface area contributed by atoms with E-state index < -0.39 is 10.0 Å². The molecule has 0 spiro atoms. The van der Waals surface area contributed by atoms with Gasteiger partial charge < -0.3 is 10.6 Å². The van der Waals surface area contributed by atoms with Gasteiger partial charge in [0, 0.05) is 26.8 Å². The van der Waals surface area contributed by atoms with Gasteiger partial charge in [-0.1, -0.05) is 0 Å². The summed E-state index contributed by atoms with van der Waals surface area (Å²) in [6.45, 7) is -0.195. The third-order valence-electron chi connectivity index (χ3n) is 2.45. The summed E-state index contributed by atoms with van der Waals surface area (Å²) in [7, 11) is 0.865. The van der Waals surface area contributed by atoms with E-state index in [1.165, 1.54) is 36.2 Å². The Hall–Kier alpha value is -1.60. The average molecular weight is 271 g/mol. The lowest BCUT2D eigenvalue weighted by Gasteiger charge is -2.19. The first-order valence-corrected chi connectivity index (χ1v) is 6.71. The Morgan fingerprint density at radius 3 is 2.11 bits per heavy atom. The van der Waals surface area contributed by atoms with Crippen molar-refractivity contribution >= 4 is 21.6 Å². The van der Waals surface area contributed by atoms with Crippen molar-refractivity contribution in [3.8, 4) is 0 Å². The second-order valence-electron chi connectivity index (χ2n) is 4.12. The molecule has 1 rings (SSSR count). The second kappa shape index (κ2) is 5.36. The van der Waals surface area contributed by atoms with Crippen LogP contribution in [0.4, 0.5) is 5.69 Å². The summed E-state index contributed by atoms with van der Waals surface area (Å²) in [6, 6.07) is 5.85. The molecule has 0 heterocycles. The Kier molecular flexibility index (Phi) is 4.31. The molecule has 1 aromatic rings. The molecular weight excluding hydrogens is 254 g/mol. The molecule has 0 radical (unpaired) electrons. The van der Waals surface area contributed by atoms with E-state index in [1.807, 2.05) is 0 Å². The van der Waals surface area contributed by atoms with E-state index in [9.17, 15) is 13.2 Å². The smallest absolute Gasteiger partial charge is 0.243 e. The molecule has 0 saturated heterocycles. The van der Waals surface area contributed by atoms with Crippen molar-refractivity contribution in [3.63, 3.8) is 0 Å². The number of hydrogen-bond acceptors (Lipinski definition) is 4. The van der Waals surface area contributed by atoms with Gasteiger partial charge in [0.25, 0.3) is 0 Å². The number of nitrogens with zero attached hydrogens (tertiary/aromatic N) is 2. The van der Waals surface area contributed by atoms with Crippen molar-refractivity contribution in [2.45, 2.75) is 4.90 Å². The average Bonchev–Trinajstić information content (AvgIpc) is 2.29. The molecule has 0 saturated carbocycles. The first-order chi connectivity index (χ1) is 8.25. The largest absolute Gasteiger partial charge is 0.399 e. The first kappa shape index (κ1) is 14.5. The van der Waals surface area contributed by atoms with Gasteiger partial charge >= 0.3 is 0 Å². The van der Waals surface area contributed by atoms with Gasteiger partial charge in [-0.3, -0.25) is 4.79 Å². The molecule has 0 aliphatic carbocycles. The molecule has 6 nitrogen and oxygen atoms in total. The number of carbonyl (C=O) groups excluding carboxylic acids is 1. The van der Waals surface area contributed by atoms with Crippen LogP contribution in [0, 0.1) is 0 Å². The normalized spacial score (nSPS) is 11.6. The third kappa shape index (κ3) is 3.21. The number of amides is 1. The number of rotatable bonds is 4. The van der Waals surface area contributed by atoms with Gasteiger partial charge in [-0.2, -0.15) is 4.31 Å². The van der Waals surface area contributed by atoms with Crippen LogP contribution >= 0.6 is 0 Å². The van der Waals surface area contributed by atoms with Crippen molar-refractivity contribution in [2.24, 2.45) is 0 Å². The maximum Gasteiger partial charge on any atom is 0.243 e. The number of sulfonamides is 1. The summed E-state index contributed by atoms with van der Waals surface area (Å²) in [6.07, 6.45) is 0. The molecule has 100 valence electrons. The van der Waals surface area contributed by atoms with Crippen molar-refractivity contribution in [1.82, 2.24) is 9.21 Å². The predicted molar refractivity (Wildman–Crippen MR) is 69.4 cm³/mol. The van der Waals surface area contributed by atoms with Gasteiger partial charge in [0.05, 0.1) is 11.4 Å². The molecule has 0 unspecified atom stereocenters. The van der Waals surface area contributed by atoms with E-state index in [2.05, 4.69) is 0 Å². The number of benzene rings is 1. The molecule has 7 heteroatoms. The topological polar surface area (TPSA) is 83.7 Å². The van der Waals surface area contributed by atoms with Crippen molar-refractivity contribution in [2.75, 3.05) is 33.4 Å². The monoisotopic (exact) mass is 271 g/mol. The summed E-state index contributed by atoms with van der Waals surface area (Å²) in [4.78, 5) is 12.9. The summed E-state index contributed by atoms with van der Waals surface area (Å²) in [5, 5.41) is 0.